The van der Waals surface area contributed by atoms with Crippen molar-refractivity contribution in [3.63, 3.8) is 0 Å². The number of aliphatic carboxylic acids is 1. The first-order chi connectivity index (χ1) is 11.3. The monoisotopic (exact) mass is 367 g/mol. The van der Waals surface area contributed by atoms with Gasteiger partial charge in [0.25, 0.3) is 0 Å². The van der Waals surface area contributed by atoms with Gasteiger partial charge in [-0.25, -0.2) is 8.42 Å². The van der Waals surface area contributed by atoms with Crippen molar-refractivity contribution >= 4 is 37.4 Å². The molecule has 1 aliphatic carbocycles. The van der Waals surface area contributed by atoms with Crippen molar-refractivity contribution in [2.24, 2.45) is 5.92 Å². The number of nitrogens with one attached hydrogen (secondary N) is 1. The van der Waals surface area contributed by atoms with E-state index in [4.69, 9.17) is 0 Å². The van der Waals surface area contributed by atoms with Crippen LogP contribution in [0.15, 0.2) is 23.1 Å². The number of aryl methyl sites for hydroxylation is 2. The van der Waals surface area contributed by atoms with Gasteiger partial charge in [-0.1, -0.05) is 19.9 Å². The van der Waals surface area contributed by atoms with Gasteiger partial charge in [-0.2, -0.15) is 4.72 Å². The van der Waals surface area contributed by atoms with E-state index in [1.54, 1.807) is 37.3 Å². The van der Waals surface area contributed by atoms with Crippen LogP contribution in [0.1, 0.15) is 37.1 Å². The van der Waals surface area contributed by atoms with Gasteiger partial charge in [0, 0.05) is 9.58 Å². The molecular formula is C17H21NO4S2. The highest BCUT2D eigenvalue weighted by Gasteiger charge is 2.28. The zero-order valence-electron chi connectivity index (χ0n) is 13.7. The fourth-order valence-corrected chi connectivity index (χ4v) is 5.89. The van der Waals surface area contributed by atoms with E-state index < -0.39 is 22.0 Å². The summed E-state index contributed by atoms with van der Waals surface area (Å²) < 4.78 is 28.4. The molecule has 0 aliphatic heterocycles. The minimum absolute atomic E-state index is 0.125. The van der Waals surface area contributed by atoms with Gasteiger partial charge in [-0.15, -0.1) is 11.3 Å². The van der Waals surface area contributed by atoms with Crippen LogP contribution in [0.5, 0.6) is 0 Å². The Kier molecular flexibility index (Phi) is 4.68. The van der Waals surface area contributed by atoms with Crippen LogP contribution < -0.4 is 4.72 Å². The number of rotatable bonds is 5. The van der Waals surface area contributed by atoms with Crippen molar-refractivity contribution in [2.75, 3.05) is 0 Å². The Morgan fingerprint density at radius 3 is 2.62 bits per heavy atom. The van der Waals surface area contributed by atoms with Gasteiger partial charge in [-0.3, -0.25) is 4.79 Å². The van der Waals surface area contributed by atoms with E-state index in [2.05, 4.69) is 4.72 Å². The lowest BCUT2D eigenvalue weighted by atomic mass is 9.96. The number of hydrogen-bond donors (Lipinski definition) is 2. The Morgan fingerprint density at radius 1 is 1.25 bits per heavy atom. The van der Waals surface area contributed by atoms with E-state index in [-0.39, 0.29) is 10.8 Å². The normalized spacial score (nSPS) is 16.3. The molecule has 0 fully saturated rings. The number of fused-ring (bicyclic) bond motifs is 3. The molecule has 1 aromatic heterocycles. The molecule has 0 spiro atoms. The predicted octanol–water partition coefficient (Wildman–Crippen LogP) is 3.17. The molecule has 1 heterocycles. The molecular weight excluding hydrogens is 346 g/mol. The number of carbonyl (C=O) groups is 1. The van der Waals surface area contributed by atoms with Crippen LogP contribution in [0.25, 0.3) is 10.1 Å². The van der Waals surface area contributed by atoms with E-state index >= 15 is 0 Å². The highest BCUT2D eigenvalue weighted by Crippen LogP contribution is 2.37. The largest absolute Gasteiger partial charge is 0.480 e. The maximum atomic E-state index is 12.6. The molecule has 1 aromatic carbocycles. The number of thiophene rings is 1. The molecule has 130 valence electrons. The number of benzene rings is 1. The lowest BCUT2D eigenvalue weighted by molar-refractivity contribution is -0.140. The summed E-state index contributed by atoms with van der Waals surface area (Å²) in [5.41, 5.74) is 1.35. The first kappa shape index (κ1) is 17.4. The van der Waals surface area contributed by atoms with Gasteiger partial charge in [-0.05, 0) is 54.7 Å². The molecule has 0 unspecified atom stereocenters. The number of sulfonamides is 1. The van der Waals surface area contributed by atoms with Crippen LogP contribution in [0.2, 0.25) is 0 Å². The van der Waals surface area contributed by atoms with Gasteiger partial charge < -0.3 is 5.11 Å². The molecule has 7 heteroatoms. The summed E-state index contributed by atoms with van der Waals surface area (Å²) in [5, 5.41) is 10.3. The second-order valence-corrected chi connectivity index (χ2v) is 9.40. The summed E-state index contributed by atoms with van der Waals surface area (Å²) in [5.74, 6) is -1.50. The fraction of sp³-hybridized carbons (Fsp3) is 0.471. The summed E-state index contributed by atoms with van der Waals surface area (Å²) in [7, 11) is -3.87. The van der Waals surface area contributed by atoms with Crippen LogP contribution in [0.4, 0.5) is 0 Å². The Balaban J connectivity index is 1.97. The van der Waals surface area contributed by atoms with E-state index in [0.717, 1.165) is 22.9 Å². The van der Waals surface area contributed by atoms with Gasteiger partial charge >= 0.3 is 5.97 Å². The zero-order valence-corrected chi connectivity index (χ0v) is 15.3. The number of hydrogen-bond acceptors (Lipinski definition) is 4. The molecule has 2 N–H and O–H groups in total. The highest BCUT2D eigenvalue weighted by atomic mass is 32.2. The summed E-state index contributed by atoms with van der Waals surface area (Å²) in [6, 6.07) is 3.96. The average Bonchev–Trinajstić information content (AvgIpc) is 2.89. The molecule has 1 aliphatic rings. The van der Waals surface area contributed by atoms with Crippen LogP contribution >= 0.6 is 11.3 Å². The third kappa shape index (κ3) is 3.20. The first-order valence-electron chi connectivity index (χ1n) is 8.09. The molecule has 0 saturated heterocycles. The van der Waals surface area contributed by atoms with Crippen molar-refractivity contribution < 1.29 is 18.3 Å². The van der Waals surface area contributed by atoms with Crippen molar-refractivity contribution in [1.29, 1.82) is 0 Å². The highest BCUT2D eigenvalue weighted by molar-refractivity contribution is 7.89. The molecule has 5 nitrogen and oxygen atoms in total. The van der Waals surface area contributed by atoms with E-state index in [0.29, 0.717) is 0 Å². The number of carboxylic acid groups (broad SMARTS) is 1. The molecule has 0 amide bonds. The Bertz CT molecular complexity index is 883. The van der Waals surface area contributed by atoms with Crippen LogP contribution in [0, 0.1) is 5.92 Å². The van der Waals surface area contributed by atoms with E-state index in [1.165, 1.54) is 23.3 Å². The molecule has 1 atom stereocenters. The second kappa shape index (κ2) is 6.46. The van der Waals surface area contributed by atoms with Crippen molar-refractivity contribution in [2.45, 2.75) is 50.5 Å². The Hall–Kier alpha value is -1.44. The maximum Gasteiger partial charge on any atom is 0.322 e. The summed E-state index contributed by atoms with van der Waals surface area (Å²) in [6.45, 7) is 3.36. The molecule has 0 saturated carbocycles. The lowest BCUT2D eigenvalue weighted by Crippen LogP contribution is -2.44. The Morgan fingerprint density at radius 2 is 1.96 bits per heavy atom. The maximum absolute atomic E-state index is 12.6. The van der Waals surface area contributed by atoms with Crippen molar-refractivity contribution in [3.05, 3.63) is 28.6 Å². The molecule has 0 bridgehead atoms. The minimum atomic E-state index is -3.87. The smallest absolute Gasteiger partial charge is 0.322 e. The molecule has 3 rings (SSSR count). The molecule has 24 heavy (non-hydrogen) atoms. The summed E-state index contributed by atoms with van der Waals surface area (Å²) in [6.07, 6.45) is 4.47. The first-order valence-corrected chi connectivity index (χ1v) is 10.4. The topological polar surface area (TPSA) is 83.5 Å². The van der Waals surface area contributed by atoms with Crippen molar-refractivity contribution in [3.8, 4) is 0 Å². The predicted molar refractivity (Wildman–Crippen MR) is 95.1 cm³/mol. The molecule has 2 aromatic rings. The fourth-order valence-electron chi connectivity index (χ4n) is 3.12. The van der Waals surface area contributed by atoms with E-state index in [9.17, 15) is 18.3 Å². The van der Waals surface area contributed by atoms with Gasteiger partial charge in [0.05, 0.1) is 4.90 Å². The second-order valence-electron chi connectivity index (χ2n) is 6.55. The lowest BCUT2D eigenvalue weighted by Gasteiger charge is -2.18. The summed E-state index contributed by atoms with van der Waals surface area (Å²) >= 11 is 1.65. The van der Waals surface area contributed by atoms with Crippen molar-refractivity contribution in [1.82, 2.24) is 4.72 Å². The van der Waals surface area contributed by atoms with E-state index in [1.807, 2.05) is 6.07 Å². The zero-order chi connectivity index (χ0) is 17.5. The Labute approximate surface area is 145 Å². The third-order valence-electron chi connectivity index (χ3n) is 4.45. The van der Waals surface area contributed by atoms with Gasteiger partial charge in [0.1, 0.15) is 6.04 Å². The van der Waals surface area contributed by atoms with Crippen LogP contribution in [0.3, 0.4) is 0 Å². The summed E-state index contributed by atoms with van der Waals surface area (Å²) in [4.78, 5) is 12.7. The SMILES string of the molecule is CC(C)[C@H](NS(=O)(=O)c1ccc2c3c(sc2c1)CCCC3)C(=O)O. The van der Waals surface area contributed by atoms with Crippen LogP contribution in [-0.4, -0.2) is 25.5 Å². The third-order valence-corrected chi connectivity index (χ3v) is 7.15. The van der Waals surface area contributed by atoms with Gasteiger partial charge in [0.2, 0.25) is 10.0 Å². The minimum Gasteiger partial charge on any atom is -0.480 e. The van der Waals surface area contributed by atoms with Gasteiger partial charge in [0.15, 0.2) is 0 Å². The number of carboxylic acids is 1. The average molecular weight is 367 g/mol. The standard InChI is InChI=1S/C17H21NO4S2/c1-10(2)16(17(19)20)18-24(21,22)11-7-8-13-12-5-3-4-6-14(12)23-15(13)9-11/h7-10,16,18H,3-6H2,1-2H3,(H,19,20)/t16-/m0/s1. The van der Waals surface area contributed by atoms with Crippen LogP contribution in [-0.2, 0) is 27.7 Å². The quantitative estimate of drug-likeness (QED) is 0.850. The molecule has 0 radical (unpaired) electrons.